The van der Waals surface area contributed by atoms with E-state index in [-0.39, 0.29) is 12.0 Å². The monoisotopic (exact) mass is 204 g/mol. The highest BCUT2D eigenvalue weighted by Crippen LogP contribution is 2.16. The normalized spacial score (nSPS) is 16.9. The van der Waals surface area contributed by atoms with E-state index < -0.39 is 24.5 Å². The van der Waals surface area contributed by atoms with Crippen molar-refractivity contribution >= 4 is 5.97 Å². The molecule has 0 bridgehead atoms. The molecular formula is C9H16O5. The van der Waals surface area contributed by atoms with Crippen molar-refractivity contribution in [2.75, 3.05) is 6.61 Å². The van der Waals surface area contributed by atoms with Crippen LogP contribution in [0.3, 0.4) is 0 Å². The maximum absolute atomic E-state index is 11.0. The van der Waals surface area contributed by atoms with Gasteiger partial charge in [-0.1, -0.05) is 13.5 Å². The van der Waals surface area contributed by atoms with E-state index in [0.717, 1.165) is 0 Å². The SMILES string of the molecule is C=C(C)C(=O)OC(O)(CO)C(O)CC. The highest BCUT2D eigenvalue weighted by atomic mass is 16.7. The number of carbonyl (C=O) groups is 1. The lowest BCUT2D eigenvalue weighted by Gasteiger charge is -2.29. The molecule has 2 unspecified atom stereocenters. The van der Waals surface area contributed by atoms with Crippen molar-refractivity contribution in [3.63, 3.8) is 0 Å². The Balaban J connectivity index is 4.55. The van der Waals surface area contributed by atoms with E-state index in [1.54, 1.807) is 6.92 Å². The number of ether oxygens (including phenoxy) is 1. The quantitative estimate of drug-likeness (QED) is 0.321. The second-order valence-corrected chi connectivity index (χ2v) is 3.10. The number of hydrogen-bond acceptors (Lipinski definition) is 5. The number of esters is 1. The van der Waals surface area contributed by atoms with E-state index >= 15 is 0 Å². The van der Waals surface area contributed by atoms with Crippen LogP contribution < -0.4 is 0 Å². The van der Waals surface area contributed by atoms with Crippen molar-refractivity contribution in [3.8, 4) is 0 Å². The Morgan fingerprint density at radius 3 is 2.43 bits per heavy atom. The molecule has 0 aromatic carbocycles. The molecule has 14 heavy (non-hydrogen) atoms. The summed E-state index contributed by atoms with van der Waals surface area (Å²) in [5.41, 5.74) is 0.0835. The smallest absolute Gasteiger partial charge is 0.335 e. The van der Waals surface area contributed by atoms with Gasteiger partial charge >= 0.3 is 5.97 Å². The third-order valence-corrected chi connectivity index (χ3v) is 1.75. The van der Waals surface area contributed by atoms with Gasteiger partial charge in [-0.15, -0.1) is 0 Å². The first-order chi connectivity index (χ1) is 6.37. The van der Waals surface area contributed by atoms with Crippen molar-refractivity contribution in [2.45, 2.75) is 32.2 Å². The first-order valence-electron chi connectivity index (χ1n) is 4.27. The van der Waals surface area contributed by atoms with Crippen molar-refractivity contribution < 1.29 is 24.9 Å². The molecule has 0 spiro atoms. The Morgan fingerprint density at radius 1 is 1.64 bits per heavy atom. The van der Waals surface area contributed by atoms with Gasteiger partial charge in [0.05, 0.1) is 0 Å². The van der Waals surface area contributed by atoms with Crippen molar-refractivity contribution in [3.05, 3.63) is 12.2 Å². The summed E-state index contributed by atoms with van der Waals surface area (Å²) in [5.74, 6) is -3.10. The van der Waals surface area contributed by atoms with E-state index in [2.05, 4.69) is 11.3 Å². The number of rotatable bonds is 5. The Kier molecular flexibility index (Phi) is 4.76. The fourth-order valence-electron chi connectivity index (χ4n) is 0.772. The molecule has 0 saturated carbocycles. The van der Waals surface area contributed by atoms with E-state index in [1.165, 1.54) is 6.92 Å². The number of hydrogen-bond donors (Lipinski definition) is 3. The topological polar surface area (TPSA) is 87.0 Å². The highest BCUT2D eigenvalue weighted by Gasteiger charge is 2.38. The zero-order valence-corrected chi connectivity index (χ0v) is 8.36. The lowest BCUT2D eigenvalue weighted by atomic mass is 10.1. The van der Waals surface area contributed by atoms with Gasteiger partial charge in [-0.2, -0.15) is 0 Å². The average molecular weight is 204 g/mol. The zero-order valence-electron chi connectivity index (χ0n) is 8.36. The molecule has 0 aliphatic rings. The van der Waals surface area contributed by atoms with Gasteiger partial charge in [-0.3, -0.25) is 0 Å². The van der Waals surface area contributed by atoms with Crippen LogP contribution in [0.15, 0.2) is 12.2 Å². The van der Waals surface area contributed by atoms with Crippen molar-refractivity contribution in [1.82, 2.24) is 0 Å². The minimum Gasteiger partial charge on any atom is -0.424 e. The molecule has 2 atom stereocenters. The van der Waals surface area contributed by atoms with Crippen molar-refractivity contribution in [1.29, 1.82) is 0 Å². The number of aliphatic hydroxyl groups excluding tert-OH is 2. The molecule has 0 amide bonds. The van der Waals surface area contributed by atoms with Gasteiger partial charge < -0.3 is 20.1 Å². The number of aliphatic hydroxyl groups is 3. The second kappa shape index (κ2) is 5.09. The average Bonchev–Trinajstić information content (AvgIpc) is 2.15. The van der Waals surface area contributed by atoms with Crippen LogP contribution in [-0.4, -0.2) is 39.8 Å². The Labute approximate surface area is 82.6 Å². The predicted octanol–water partition coefficient (Wildman–Crippen LogP) is -0.443. The third-order valence-electron chi connectivity index (χ3n) is 1.75. The molecule has 0 saturated heterocycles. The van der Waals surface area contributed by atoms with E-state index in [0.29, 0.717) is 0 Å². The summed E-state index contributed by atoms with van der Waals surface area (Å²) in [4.78, 5) is 11.0. The van der Waals surface area contributed by atoms with Crippen LogP contribution in [0.4, 0.5) is 0 Å². The summed E-state index contributed by atoms with van der Waals surface area (Å²) in [6.07, 6.45) is -1.17. The minimum atomic E-state index is -2.25. The van der Waals surface area contributed by atoms with Crippen LogP contribution in [0.1, 0.15) is 20.3 Å². The molecule has 0 rings (SSSR count). The van der Waals surface area contributed by atoms with Gasteiger partial charge in [0, 0.05) is 5.57 Å². The van der Waals surface area contributed by atoms with Gasteiger partial charge in [0.25, 0.3) is 5.79 Å². The van der Waals surface area contributed by atoms with Crippen LogP contribution in [-0.2, 0) is 9.53 Å². The molecular weight excluding hydrogens is 188 g/mol. The van der Waals surface area contributed by atoms with Gasteiger partial charge in [0.2, 0.25) is 0 Å². The van der Waals surface area contributed by atoms with E-state index in [9.17, 15) is 15.0 Å². The Bertz CT molecular complexity index is 225. The fourth-order valence-corrected chi connectivity index (χ4v) is 0.772. The van der Waals surface area contributed by atoms with Gasteiger partial charge in [0.1, 0.15) is 12.7 Å². The molecule has 0 aromatic rings. The molecule has 82 valence electrons. The molecule has 5 heteroatoms. The van der Waals surface area contributed by atoms with Gasteiger partial charge in [0.15, 0.2) is 0 Å². The molecule has 0 aromatic heterocycles. The Morgan fingerprint density at radius 2 is 2.14 bits per heavy atom. The maximum Gasteiger partial charge on any atom is 0.335 e. The summed E-state index contributed by atoms with van der Waals surface area (Å²) in [5, 5.41) is 27.6. The summed E-state index contributed by atoms with van der Waals surface area (Å²) in [6.45, 7) is 5.43. The minimum absolute atomic E-state index is 0.0835. The van der Waals surface area contributed by atoms with Gasteiger partial charge in [-0.05, 0) is 13.3 Å². The summed E-state index contributed by atoms with van der Waals surface area (Å²) in [7, 11) is 0. The third kappa shape index (κ3) is 3.10. The Hall–Kier alpha value is -0.910. The lowest BCUT2D eigenvalue weighted by Crippen LogP contribution is -2.49. The fraction of sp³-hybridized carbons (Fsp3) is 0.667. The molecule has 0 aliphatic heterocycles. The van der Waals surface area contributed by atoms with Crippen LogP contribution in [0, 0.1) is 0 Å². The van der Waals surface area contributed by atoms with Crippen LogP contribution in [0.5, 0.6) is 0 Å². The molecule has 0 fully saturated rings. The standard InChI is InChI=1S/C9H16O5/c1-4-7(11)9(13,5-10)14-8(12)6(2)3/h7,10-11,13H,2,4-5H2,1,3H3. The lowest BCUT2D eigenvalue weighted by molar-refractivity contribution is -0.259. The first-order valence-corrected chi connectivity index (χ1v) is 4.27. The van der Waals surface area contributed by atoms with E-state index in [4.69, 9.17) is 5.11 Å². The maximum atomic E-state index is 11.0. The van der Waals surface area contributed by atoms with Crippen LogP contribution in [0.2, 0.25) is 0 Å². The second-order valence-electron chi connectivity index (χ2n) is 3.10. The largest absolute Gasteiger partial charge is 0.424 e. The molecule has 0 radical (unpaired) electrons. The van der Waals surface area contributed by atoms with E-state index in [1.807, 2.05) is 0 Å². The first kappa shape index (κ1) is 13.1. The molecule has 3 N–H and O–H groups in total. The van der Waals surface area contributed by atoms with Crippen LogP contribution >= 0.6 is 0 Å². The summed E-state index contributed by atoms with van der Waals surface area (Å²) in [6, 6.07) is 0. The van der Waals surface area contributed by atoms with Gasteiger partial charge in [-0.25, -0.2) is 4.79 Å². The summed E-state index contributed by atoms with van der Waals surface area (Å²) >= 11 is 0. The molecule has 0 aliphatic carbocycles. The predicted molar refractivity (Wildman–Crippen MR) is 49.2 cm³/mol. The summed E-state index contributed by atoms with van der Waals surface area (Å²) < 4.78 is 4.52. The van der Waals surface area contributed by atoms with Crippen LogP contribution in [0.25, 0.3) is 0 Å². The molecule has 0 heterocycles. The van der Waals surface area contributed by atoms with Crippen molar-refractivity contribution in [2.24, 2.45) is 0 Å². The molecule has 5 nitrogen and oxygen atoms in total. The zero-order chi connectivity index (χ0) is 11.4. The highest BCUT2D eigenvalue weighted by molar-refractivity contribution is 5.87. The number of carbonyl (C=O) groups excluding carboxylic acids is 1.